The lowest BCUT2D eigenvalue weighted by Crippen LogP contribution is -2.20. The minimum absolute atomic E-state index is 0.282. The Morgan fingerprint density at radius 1 is 1.26 bits per heavy atom. The molecule has 1 fully saturated rings. The zero-order valence-electron chi connectivity index (χ0n) is 12.2. The van der Waals surface area contributed by atoms with Crippen molar-refractivity contribution in [1.29, 1.82) is 0 Å². The predicted molar refractivity (Wildman–Crippen MR) is 77.9 cm³/mol. The smallest absolute Gasteiger partial charge is 0.123 e. The first-order valence-electron chi connectivity index (χ1n) is 7.20. The van der Waals surface area contributed by atoms with Crippen LogP contribution in [0.3, 0.4) is 0 Å². The van der Waals surface area contributed by atoms with Crippen LogP contribution in [0.1, 0.15) is 44.2 Å². The molecule has 106 valence electrons. The van der Waals surface area contributed by atoms with E-state index in [0.29, 0.717) is 0 Å². The summed E-state index contributed by atoms with van der Waals surface area (Å²) < 4.78 is 10.7. The fraction of sp³-hybridized carbons (Fsp3) is 0.625. The summed E-state index contributed by atoms with van der Waals surface area (Å²) in [5.41, 5.74) is 1.16. The van der Waals surface area contributed by atoms with Crippen molar-refractivity contribution in [3.63, 3.8) is 0 Å². The van der Waals surface area contributed by atoms with E-state index in [1.807, 2.05) is 12.1 Å². The third-order valence-electron chi connectivity index (χ3n) is 3.84. The number of methoxy groups -OCH3 is 2. The van der Waals surface area contributed by atoms with Gasteiger partial charge in [0.15, 0.2) is 0 Å². The van der Waals surface area contributed by atoms with Gasteiger partial charge in [-0.3, -0.25) is 0 Å². The van der Waals surface area contributed by atoms with Crippen LogP contribution in [-0.2, 0) is 0 Å². The van der Waals surface area contributed by atoms with Crippen molar-refractivity contribution in [2.24, 2.45) is 5.92 Å². The molecule has 0 heterocycles. The molecule has 2 rings (SSSR count). The minimum Gasteiger partial charge on any atom is -0.497 e. The monoisotopic (exact) mass is 263 g/mol. The molecule has 1 aliphatic rings. The van der Waals surface area contributed by atoms with E-state index in [1.165, 1.54) is 25.7 Å². The van der Waals surface area contributed by atoms with Gasteiger partial charge in [0, 0.05) is 11.6 Å². The molecule has 3 nitrogen and oxygen atoms in total. The zero-order chi connectivity index (χ0) is 13.7. The molecule has 0 bridgehead atoms. The summed E-state index contributed by atoms with van der Waals surface area (Å²) in [7, 11) is 3.41. The molecule has 0 aromatic heterocycles. The van der Waals surface area contributed by atoms with Crippen LogP contribution >= 0.6 is 0 Å². The average Bonchev–Trinajstić information content (AvgIpc) is 3.26. The lowest BCUT2D eigenvalue weighted by Gasteiger charge is -2.18. The largest absolute Gasteiger partial charge is 0.497 e. The van der Waals surface area contributed by atoms with E-state index in [9.17, 15) is 0 Å². The highest BCUT2D eigenvalue weighted by Gasteiger charge is 2.20. The molecule has 0 spiro atoms. The van der Waals surface area contributed by atoms with Gasteiger partial charge in [0.05, 0.1) is 14.2 Å². The fourth-order valence-corrected chi connectivity index (χ4v) is 2.40. The molecule has 1 aromatic rings. The standard InChI is InChI=1S/C16H25NO2/c1-12(17-10-4-5-13-6-7-13)15-11-14(18-2)8-9-16(15)19-3/h8-9,11-13,17H,4-7,10H2,1-3H3. The SMILES string of the molecule is COc1ccc(OC)c(C(C)NCCCC2CC2)c1. The Bertz CT molecular complexity index is 402. The Morgan fingerprint density at radius 2 is 2.05 bits per heavy atom. The molecule has 19 heavy (non-hydrogen) atoms. The van der Waals surface area contributed by atoms with Crippen molar-refractivity contribution in [2.75, 3.05) is 20.8 Å². The first-order chi connectivity index (χ1) is 9.24. The van der Waals surface area contributed by atoms with Crippen LogP contribution in [0, 0.1) is 5.92 Å². The van der Waals surface area contributed by atoms with E-state index in [4.69, 9.17) is 9.47 Å². The maximum Gasteiger partial charge on any atom is 0.123 e. The number of rotatable bonds is 8. The second-order valence-corrected chi connectivity index (χ2v) is 5.37. The van der Waals surface area contributed by atoms with Crippen molar-refractivity contribution < 1.29 is 9.47 Å². The molecule has 0 amide bonds. The van der Waals surface area contributed by atoms with Gasteiger partial charge in [-0.1, -0.05) is 12.8 Å². The highest BCUT2D eigenvalue weighted by molar-refractivity contribution is 5.42. The lowest BCUT2D eigenvalue weighted by molar-refractivity contribution is 0.391. The molecule has 1 N–H and O–H groups in total. The zero-order valence-corrected chi connectivity index (χ0v) is 12.2. The second-order valence-electron chi connectivity index (χ2n) is 5.37. The third kappa shape index (κ3) is 4.13. The van der Waals surface area contributed by atoms with Gasteiger partial charge in [-0.25, -0.2) is 0 Å². The molecule has 1 atom stereocenters. The molecular formula is C16H25NO2. The lowest BCUT2D eigenvalue weighted by atomic mass is 10.1. The highest BCUT2D eigenvalue weighted by atomic mass is 16.5. The summed E-state index contributed by atoms with van der Waals surface area (Å²) in [6, 6.07) is 6.24. The third-order valence-corrected chi connectivity index (χ3v) is 3.84. The summed E-state index contributed by atoms with van der Waals surface area (Å²) in [4.78, 5) is 0. The first kappa shape index (κ1) is 14.2. The van der Waals surface area contributed by atoms with Gasteiger partial charge in [-0.05, 0) is 50.4 Å². The molecule has 3 heteroatoms. The van der Waals surface area contributed by atoms with Gasteiger partial charge in [0.2, 0.25) is 0 Å². The highest BCUT2D eigenvalue weighted by Crippen LogP contribution is 2.33. The topological polar surface area (TPSA) is 30.5 Å². The fourth-order valence-electron chi connectivity index (χ4n) is 2.40. The molecule has 0 saturated heterocycles. The van der Waals surface area contributed by atoms with Crippen LogP contribution in [0.4, 0.5) is 0 Å². The summed E-state index contributed by atoms with van der Waals surface area (Å²) >= 11 is 0. The predicted octanol–water partition coefficient (Wildman–Crippen LogP) is 3.54. The quantitative estimate of drug-likeness (QED) is 0.728. The van der Waals surface area contributed by atoms with Gasteiger partial charge in [0.1, 0.15) is 11.5 Å². The van der Waals surface area contributed by atoms with E-state index in [1.54, 1.807) is 14.2 Å². The van der Waals surface area contributed by atoms with Crippen LogP contribution in [0.25, 0.3) is 0 Å². The molecule has 1 aromatic carbocycles. The van der Waals surface area contributed by atoms with E-state index >= 15 is 0 Å². The van der Waals surface area contributed by atoms with Crippen molar-refractivity contribution in [1.82, 2.24) is 5.32 Å². The van der Waals surface area contributed by atoms with Crippen molar-refractivity contribution in [2.45, 2.75) is 38.6 Å². The summed E-state index contributed by atoms with van der Waals surface area (Å²) in [5.74, 6) is 2.81. The van der Waals surface area contributed by atoms with Crippen LogP contribution in [0.15, 0.2) is 18.2 Å². The molecule has 1 saturated carbocycles. The number of ether oxygens (including phenoxy) is 2. The van der Waals surface area contributed by atoms with Gasteiger partial charge >= 0.3 is 0 Å². The Labute approximate surface area is 116 Å². The second kappa shape index (κ2) is 6.80. The molecule has 1 aliphatic carbocycles. The Morgan fingerprint density at radius 3 is 2.68 bits per heavy atom. The van der Waals surface area contributed by atoms with Gasteiger partial charge < -0.3 is 14.8 Å². The van der Waals surface area contributed by atoms with Crippen molar-refractivity contribution in [3.05, 3.63) is 23.8 Å². The number of hydrogen-bond donors (Lipinski definition) is 1. The van der Waals surface area contributed by atoms with Crippen molar-refractivity contribution >= 4 is 0 Å². The van der Waals surface area contributed by atoms with E-state index < -0.39 is 0 Å². The molecule has 0 aliphatic heterocycles. The van der Waals surface area contributed by atoms with Crippen LogP contribution in [0.2, 0.25) is 0 Å². The Kier molecular flexibility index (Phi) is 5.08. The normalized spacial score (nSPS) is 16.2. The first-order valence-corrected chi connectivity index (χ1v) is 7.20. The van der Waals surface area contributed by atoms with Crippen molar-refractivity contribution in [3.8, 4) is 11.5 Å². The van der Waals surface area contributed by atoms with E-state index in [2.05, 4.69) is 18.3 Å². The number of nitrogens with one attached hydrogen (secondary N) is 1. The van der Waals surface area contributed by atoms with Gasteiger partial charge in [-0.2, -0.15) is 0 Å². The Hall–Kier alpha value is -1.22. The molecular weight excluding hydrogens is 238 g/mol. The minimum atomic E-state index is 0.282. The van der Waals surface area contributed by atoms with Gasteiger partial charge in [-0.15, -0.1) is 0 Å². The van der Waals surface area contributed by atoms with Crippen LogP contribution < -0.4 is 14.8 Å². The summed E-state index contributed by atoms with van der Waals surface area (Å²) in [5, 5.41) is 3.57. The maximum absolute atomic E-state index is 5.42. The summed E-state index contributed by atoms with van der Waals surface area (Å²) in [6.07, 6.45) is 5.52. The van der Waals surface area contributed by atoms with Crippen LogP contribution in [-0.4, -0.2) is 20.8 Å². The van der Waals surface area contributed by atoms with Crippen LogP contribution in [0.5, 0.6) is 11.5 Å². The van der Waals surface area contributed by atoms with Gasteiger partial charge in [0.25, 0.3) is 0 Å². The molecule has 1 unspecified atom stereocenters. The maximum atomic E-state index is 5.42. The number of benzene rings is 1. The Balaban J connectivity index is 1.89. The average molecular weight is 263 g/mol. The summed E-state index contributed by atoms with van der Waals surface area (Å²) in [6.45, 7) is 3.24. The van der Waals surface area contributed by atoms with E-state index in [-0.39, 0.29) is 6.04 Å². The molecule has 0 radical (unpaired) electrons. The van der Waals surface area contributed by atoms with E-state index in [0.717, 1.165) is 29.5 Å². The number of hydrogen-bond acceptors (Lipinski definition) is 3.